The van der Waals surface area contributed by atoms with Crippen molar-refractivity contribution in [2.75, 3.05) is 0 Å². The van der Waals surface area contributed by atoms with E-state index in [-0.39, 0.29) is 0 Å². The van der Waals surface area contributed by atoms with Gasteiger partial charge >= 0.3 is 0 Å². The third-order valence-corrected chi connectivity index (χ3v) is 8.79. The van der Waals surface area contributed by atoms with Gasteiger partial charge in [-0.1, -0.05) is 109 Å². The van der Waals surface area contributed by atoms with Crippen LogP contribution in [0.3, 0.4) is 0 Å². The van der Waals surface area contributed by atoms with Crippen LogP contribution < -0.4 is 0 Å². The van der Waals surface area contributed by atoms with Crippen molar-refractivity contribution in [1.82, 2.24) is 24.1 Å². The second-order valence-corrected chi connectivity index (χ2v) is 11.4. The zero-order chi connectivity index (χ0) is 29.9. The monoisotopic (exact) mass is 577 g/mol. The number of hydrogen-bond donors (Lipinski definition) is 0. The normalized spacial score (nSPS) is 11.7. The number of aromatic nitrogens is 5. The molecular formula is C40H27N5. The van der Waals surface area contributed by atoms with Crippen LogP contribution in [0, 0.1) is 0 Å². The van der Waals surface area contributed by atoms with Crippen molar-refractivity contribution in [3.8, 4) is 39.9 Å². The van der Waals surface area contributed by atoms with Gasteiger partial charge in [0.2, 0.25) is 0 Å². The van der Waals surface area contributed by atoms with Crippen LogP contribution in [0.25, 0.3) is 83.5 Å². The van der Waals surface area contributed by atoms with Gasteiger partial charge in [0.25, 0.3) is 0 Å². The molecule has 0 atom stereocenters. The number of para-hydroxylation sites is 3. The summed E-state index contributed by atoms with van der Waals surface area (Å²) in [4.78, 5) is 15.1. The van der Waals surface area contributed by atoms with Crippen molar-refractivity contribution in [2.24, 2.45) is 7.05 Å². The number of nitrogens with zero attached hydrogens (tertiary/aromatic N) is 5. The Morgan fingerprint density at radius 1 is 0.400 bits per heavy atom. The van der Waals surface area contributed by atoms with Gasteiger partial charge in [-0.2, -0.15) is 0 Å². The van der Waals surface area contributed by atoms with Crippen LogP contribution in [0.4, 0.5) is 0 Å². The Hall–Kier alpha value is -6.07. The molecule has 45 heavy (non-hydrogen) atoms. The molecule has 0 N–H and O–H groups in total. The van der Waals surface area contributed by atoms with E-state index < -0.39 is 0 Å². The molecule has 3 heterocycles. The summed E-state index contributed by atoms with van der Waals surface area (Å²) in [6.45, 7) is 0. The van der Waals surface area contributed by atoms with Gasteiger partial charge in [-0.25, -0.2) is 15.0 Å². The molecule has 0 bridgehead atoms. The maximum Gasteiger partial charge on any atom is 0.166 e. The molecule has 0 aliphatic heterocycles. The van der Waals surface area contributed by atoms with Crippen molar-refractivity contribution in [3.63, 3.8) is 0 Å². The van der Waals surface area contributed by atoms with E-state index in [1.165, 1.54) is 32.6 Å². The summed E-state index contributed by atoms with van der Waals surface area (Å²) < 4.78 is 4.67. The first-order chi connectivity index (χ1) is 22.2. The first kappa shape index (κ1) is 25.4. The number of fused-ring (bicyclic) bond motifs is 6. The Balaban J connectivity index is 1.35. The van der Waals surface area contributed by atoms with Gasteiger partial charge in [0.1, 0.15) is 0 Å². The van der Waals surface area contributed by atoms with Crippen molar-refractivity contribution >= 4 is 43.6 Å². The second kappa shape index (κ2) is 10.00. The highest BCUT2D eigenvalue weighted by Gasteiger charge is 2.20. The lowest BCUT2D eigenvalue weighted by molar-refractivity contribution is 1.02. The molecule has 9 aromatic rings. The SMILES string of the molecule is Cn1c2ccccc2c2cc3c(cc21)c1ccccc1n3-c1ccccc1-c1nc(-c2ccccc2)nc(-c2ccccc2)n1. The standard InChI is InChI=1S/C40H27N5/c1-44-33-21-11-8-18-28(33)31-25-37-32(24-36(31)44)29-19-9-12-22-34(29)45(37)35-23-13-10-20-30(35)40-42-38(26-14-4-2-5-15-26)41-39(43-40)27-16-6-3-7-17-27/h2-25H,1H3. The predicted octanol–water partition coefficient (Wildman–Crippen LogP) is 9.61. The summed E-state index contributed by atoms with van der Waals surface area (Å²) in [6, 6.07) is 50.7. The van der Waals surface area contributed by atoms with E-state index >= 15 is 0 Å². The minimum Gasteiger partial charge on any atom is -0.344 e. The number of aryl methyl sites for hydroxylation is 1. The topological polar surface area (TPSA) is 48.5 Å². The third kappa shape index (κ3) is 3.98. The molecule has 9 rings (SSSR count). The second-order valence-electron chi connectivity index (χ2n) is 11.4. The summed E-state index contributed by atoms with van der Waals surface area (Å²) in [6.07, 6.45) is 0. The summed E-state index contributed by atoms with van der Waals surface area (Å²) in [5, 5.41) is 4.91. The Morgan fingerprint density at radius 2 is 0.889 bits per heavy atom. The average Bonchev–Trinajstić information content (AvgIpc) is 3.59. The minimum atomic E-state index is 0.635. The fourth-order valence-corrected chi connectivity index (χ4v) is 6.67. The molecule has 5 heteroatoms. The van der Waals surface area contributed by atoms with Crippen molar-refractivity contribution in [2.45, 2.75) is 0 Å². The van der Waals surface area contributed by atoms with E-state index in [1.54, 1.807) is 0 Å². The number of benzene rings is 6. The molecule has 0 amide bonds. The minimum absolute atomic E-state index is 0.635. The molecule has 6 aromatic carbocycles. The van der Waals surface area contributed by atoms with E-state index in [0.717, 1.165) is 33.4 Å². The zero-order valence-electron chi connectivity index (χ0n) is 24.6. The van der Waals surface area contributed by atoms with Crippen LogP contribution >= 0.6 is 0 Å². The Morgan fingerprint density at radius 3 is 1.58 bits per heavy atom. The molecule has 0 saturated heterocycles. The predicted molar refractivity (Wildman–Crippen MR) is 184 cm³/mol. The van der Waals surface area contributed by atoms with Crippen LogP contribution in [0.1, 0.15) is 0 Å². The van der Waals surface area contributed by atoms with E-state index in [0.29, 0.717) is 17.5 Å². The highest BCUT2D eigenvalue weighted by molar-refractivity contribution is 6.18. The maximum absolute atomic E-state index is 5.09. The van der Waals surface area contributed by atoms with Gasteiger partial charge in [0.15, 0.2) is 17.5 Å². The summed E-state index contributed by atoms with van der Waals surface area (Å²) in [5.74, 6) is 1.93. The van der Waals surface area contributed by atoms with Gasteiger partial charge in [0, 0.05) is 56.3 Å². The molecular weight excluding hydrogens is 550 g/mol. The largest absolute Gasteiger partial charge is 0.344 e. The molecule has 0 unspecified atom stereocenters. The molecule has 3 aromatic heterocycles. The summed E-state index contributed by atoms with van der Waals surface area (Å²) in [7, 11) is 2.15. The molecule has 0 fully saturated rings. The molecule has 0 saturated carbocycles. The third-order valence-electron chi connectivity index (χ3n) is 8.79. The lowest BCUT2D eigenvalue weighted by Crippen LogP contribution is -2.03. The molecule has 0 spiro atoms. The van der Waals surface area contributed by atoms with Crippen molar-refractivity contribution in [1.29, 1.82) is 0 Å². The molecule has 212 valence electrons. The lowest BCUT2D eigenvalue weighted by Gasteiger charge is -2.14. The van der Waals surface area contributed by atoms with E-state index in [9.17, 15) is 0 Å². The average molecular weight is 578 g/mol. The van der Waals surface area contributed by atoms with Crippen LogP contribution in [0.5, 0.6) is 0 Å². The van der Waals surface area contributed by atoms with E-state index in [2.05, 4.69) is 101 Å². The highest BCUT2D eigenvalue weighted by Crippen LogP contribution is 2.40. The first-order valence-corrected chi connectivity index (χ1v) is 15.1. The molecule has 0 aliphatic carbocycles. The van der Waals surface area contributed by atoms with Gasteiger partial charge in [-0.3, -0.25) is 0 Å². The van der Waals surface area contributed by atoms with E-state index in [4.69, 9.17) is 15.0 Å². The van der Waals surface area contributed by atoms with Gasteiger partial charge in [0.05, 0.1) is 16.7 Å². The zero-order valence-corrected chi connectivity index (χ0v) is 24.6. The maximum atomic E-state index is 5.09. The molecule has 0 aliphatic rings. The van der Waals surface area contributed by atoms with Crippen LogP contribution in [-0.2, 0) is 7.05 Å². The fourth-order valence-electron chi connectivity index (χ4n) is 6.67. The Bertz CT molecular complexity index is 2490. The van der Waals surface area contributed by atoms with Gasteiger partial charge < -0.3 is 9.13 Å². The van der Waals surface area contributed by atoms with Gasteiger partial charge in [-0.15, -0.1) is 0 Å². The quantitative estimate of drug-likeness (QED) is 0.209. The fraction of sp³-hybridized carbons (Fsp3) is 0.0250. The lowest BCUT2D eigenvalue weighted by atomic mass is 10.1. The van der Waals surface area contributed by atoms with E-state index in [1.807, 2.05) is 60.7 Å². The summed E-state index contributed by atoms with van der Waals surface area (Å²) >= 11 is 0. The van der Waals surface area contributed by atoms with Crippen LogP contribution in [0.2, 0.25) is 0 Å². The number of hydrogen-bond acceptors (Lipinski definition) is 3. The Labute approximate surface area is 259 Å². The smallest absolute Gasteiger partial charge is 0.166 e. The number of rotatable bonds is 4. The Kier molecular flexibility index (Phi) is 5.65. The van der Waals surface area contributed by atoms with Crippen molar-refractivity contribution < 1.29 is 0 Å². The molecule has 5 nitrogen and oxygen atoms in total. The molecule has 0 radical (unpaired) electrons. The van der Waals surface area contributed by atoms with Crippen LogP contribution in [-0.4, -0.2) is 24.1 Å². The highest BCUT2D eigenvalue weighted by atomic mass is 15.1. The first-order valence-electron chi connectivity index (χ1n) is 15.1. The van der Waals surface area contributed by atoms with Gasteiger partial charge in [-0.05, 0) is 36.4 Å². The van der Waals surface area contributed by atoms with Crippen LogP contribution in [0.15, 0.2) is 146 Å². The summed E-state index contributed by atoms with van der Waals surface area (Å²) in [5.41, 5.74) is 8.59. The van der Waals surface area contributed by atoms with Crippen molar-refractivity contribution in [3.05, 3.63) is 146 Å².